The largest absolute Gasteiger partial charge is 0.384 e. The van der Waals surface area contributed by atoms with Crippen LogP contribution in [0.3, 0.4) is 0 Å². The lowest BCUT2D eigenvalue weighted by molar-refractivity contribution is -0.131. The highest BCUT2D eigenvalue weighted by molar-refractivity contribution is 5.90. The SMILES string of the molecule is Cc1ccccc1C[C@H](NC(=O)[C@H]1CCCN1C)C(=O)NCc1ccc(N)nc1. The van der Waals surface area contributed by atoms with Gasteiger partial charge in [0.2, 0.25) is 11.8 Å². The summed E-state index contributed by atoms with van der Waals surface area (Å²) in [4.78, 5) is 31.8. The van der Waals surface area contributed by atoms with Crippen LogP contribution >= 0.6 is 0 Å². The number of nitrogens with two attached hydrogens (primary N) is 1. The van der Waals surface area contributed by atoms with Crippen molar-refractivity contribution in [3.05, 3.63) is 59.3 Å². The smallest absolute Gasteiger partial charge is 0.243 e. The molecule has 2 amide bonds. The molecule has 1 aliphatic heterocycles. The van der Waals surface area contributed by atoms with E-state index in [2.05, 4.69) is 15.6 Å². The van der Waals surface area contributed by atoms with E-state index in [1.165, 1.54) is 0 Å². The fraction of sp³-hybridized carbons (Fsp3) is 0.409. The highest BCUT2D eigenvalue weighted by Gasteiger charge is 2.31. The highest BCUT2D eigenvalue weighted by atomic mass is 16.2. The van der Waals surface area contributed by atoms with Gasteiger partial charge in [0.25, 0.3) is 0 Å². The number of pyridine rings is 1. The fourth-order valence-corrected chi connectivity index (χ4v) is 3.63. The van der Waals surface area contributed by atoms with E-state index in [0.29, 0.717) is 18.8 Å². The molecule has 4 N–H and O–H groups in total. The highest BCUT2D eigenvalue weighted by Crippen LogP contribution is 2.16. The third-order valence-corrected chi connectivity index (χ3v) is 5.46. The number of nitrogens with one attached hydrogen (secondary N) is 2. The van der Waals surface area contributed by atoms with Gasteiger partial charge in [-0.3, -0.25) is 14.5 Å². The topological polar surface area (TPSA) is 100 Å². The van der Waals surface area contributed by atoms with Crippen LogP contribution in [0.15, 0.2) is 42.6 Å². The lowest BCUT2D eigenvalue weighted by atomic mass is 10.00. The Morgan fingerprint density at radius 1 is 1.28 bits per heavy atom. The van der Waals surface area contributed by atoms with Gasteiger partial charge < -0.3 is 16.4 Å². The van der Waals surface area contributed by atoms with E-state index in [-0.39, 0.29) is 17.9 Å². The molecule has 154 valence electrons. The number of rotatable bonds is 7. The predicted molar refractivity (Wildman–Crippen MR) is 113 cm³/mol. The monoisotopic (exact) mass is 395 g/mol. The number of hydrogen-bond acceptors (Lipinski definition) is 5. The Morgan fingerprint density at radius 3 is 2.72 bits per heavy atom. The van der Waals surface area contributed by atoms with Crippen LogP contribution in [0, 0.1) is 6.92 Å². The van der Waals surface area contributed by atoms with Crippen molar-refractivity contribution in [1.82, 2.24) is 20.5 Å². The number of carbonyl (C=O) groups is 2. The molecule has 1 aliphatic rings. The molecule has 1 saturated heterocycles. The number of carbonyl (C=O) groups excluding carboxylic acids is 2. The molecule has 1 aromatic carbocycles. The second-order valence-electron chi connectivity index (χ2n) is 7.64. The minimum atomic E-state index is -0.639. The van der Waals surface area contributed by atoms with Crippen LogP contribution in [0.25, 0.3) is 0 Å². The first-order chi connectivity index (χ1) is 13.9. The minimum Gasteiger partial charge on any atom is -0.384 e. The molecular formula is C22H29N5O2. The van der Waals surface area contributed by atoms with Crippen molar-refractivity contribution in [3.63, 3.8) is 0 Å². The second kappa shape index (κ2) is 9.52. The number of amides is 2. The Morgan fingerprint density at radius 2 is 2.07 bits per heavy atom. The van der Waals surface area contributed by atoms with E-state index in [1.807, 2.05) is 49.2 Å². The number of likely N-dealkylation sites (tertiary alicyclic amines) is 1. The average molecular weight is 396 g/mol. The number of nitrogens with zero attached hydrogens (tertiary/aromatic N) is 2. The van der Waals surface area contributed by atoms with Crippen molar-refractivity contribution >= 4 is 17.6 Å². The van der Waals surface area contributed by atoms with Gasteiger partial charge in [-0.1, -0.05) is 30.3 Å². The van der Waals surface area contributed by atoms with Gasteiger partial charge in [-0.25, -0.2) is 4.98 Å². The first kappa shape index (κ1) is 20.8. The van der Waals surface area contributed by atoms with E-state index in [9.17, 15) is 9.59 Å². The van der Waals surface area contributed by atoms with E-state index in [1.54, 1.807) is 12.3 Å². The van der Waals surface area contributed by atoms with Gasteiger partial charge in [0.1, 0.15) is 11.9 Å². The molecule has 2 heterocycles. The number of aryl methyl sites for hydroxylation is 1. The molecule has 0 spiro atoms. The molecule has 0 aliphatic carbocycles. The number of likely N-dealkylation sites (N-methyl/N-ethyl adjacent to an activating group) is 1. The first-order valence-electron chi connectivity index (χ1n) is 9.97. The second-order valence-corrected chi connectivity index (χ2v) is 7.64. The standard InChI is InChI=1S/C22H29N5O2/c1-15-6-3-4-7-17(15)12-18(26-22(29)19-8-5-11-27(19)2)21(28)25-14-16-9-10-20(23)24-13-16/h3-4,6-7,9-10,13,18-19H,5,8,11-12,14H2,1-2H3,(H2,23,24)(H,25,28)(H,26,29)/t18-,19+/m0/s1. The molecule has 2 atom stereocenters. The number of hydrogen-bond donors (Lipinski definition) is 3. The zero-order chi connectivity index (χ0) is 20.8. The van der Waals surface area contributed by atoms with E-state index >= 15 is 0 Å². The lowest BCUT2D eigenvalue weighted by Gasteiger charge is -2.24. The molecule has 2 aromatic rings. The molecular weight excluding hydrogens is 366 g/mol. The van der Waals surface area contributed by atoms with Crippen molar-refractivity contribution in [3.8, 4) is 0 Å². The summed E-state index contributed by atoms with van der Waals surface area (Å²) >= 11 is 0. The summed E-state index contributed by atoms with van der Waals surface area (Å²) in [6, 6.07) is 10.6. The molecule has 3 rings (SSSR count). The van der Waals surface area contributed by atoms with Gasteiger partial charge in [0.05, 0.1) is 6.04 Å². The van der Waals surface area contributed by atoms with Crippen molar-refractivity contribution in [2.24, 2.45) is 0 Å². The Balaban J connectivity index is 1.70. The van der Waals surface area contributed by atoms with Crippen molar-refractivity contribution in [1.29, 1.82) is 0 Å². The molecule has 0 unspecified atom stereocenters. The molecule has 29 heavy (non-hydrogen) atoms. The summed E-state index contributed by atoms with van der Waals surface area (Å²) < 4.78 is 0. The maximum atomic E-state index is 12.9. The Hall–Kier alpha value is -2.93. The molecule has 7 heteroatoms. The average Bonchev–Trinajstić information content (AvgIpc) is 3.14. The predicted octanol–water partition coefficient (Wildman–Crippen LogP) is 1.41. The summed E-state index contributed by atoms with van der Waals surface area (Å²) in [5.41, 5.74) is 8.60. The third kappa shape index (κ3) is 5.54. The summed E-state index contributed by atoms with van der Waals surface area (Å²) in [7, 11) is 1.95. The molecule has 0 radical (unpaired) electrons. The zero-order valence-corrected chi connectivity index (χ0v) is 17.0. The summed E-state index contributed by atoms with van der Waals surface area (Å²) in [5.74, 6) is 0.136. The number of nitrogen functional groups attached to an aromatic ring is 1. The van der Waals surface area contributed by atoms with Crippen LogP contribution in [-0.4, -0.2) is 47.4 Å². The Labute approximate surface area is 171 Å². The van der Waals surface area contributed by atoms with Gasteiger partial charge in [0, 0.05) is 19.2 Å². The first-order valence-corrected chi connectivity index (χ1v) is 9.97. The number of anilines is 1. The van der Waals surface area contributed by atoms with Crippen LogP contribution < -0.4 is 16.4 Å². The van der Waals surface area contributed by atoms with Gasteiger partial charge in [-0.2, -0.15) is 0 Å². The Bertz CT molecular complexity index is 853. The maximum absolute atomic E-state index is 12.9. The summed E-state index contributed by atoms with van der Waals surface area (Å²) in [6.07, 6.45) is 3.89. The fourth-order valence-electron chi connectivity index (χ4n) is 3.63. The molecule has 0 bridgehead atoms. The minimum absolute atomic E-state index is 0.0899. The van der Waals surface area contributed by atoms with Crippen LogP contribution in [0.4, 0.5) is 5.82 Å². The van der Waals surface area contributed by atoms with E-state index in [0.717, 1.165) is 36.1 Å². The molecule has 7 nitrogen and oxygen atoms in total. The number of benzene rings is 1. The van der Waals surface area contributed by atoms with Gasteiger partial charge in [0.15, 0.2) is 0 Å². The van der Waals surface area contributed by atoms with Gasteiger partial charge in [-0.15, -0.1) is 0 Å². The van der Waals surface area contributed by atoms with E-state index in [4.69, 9.17) is 5.73 Å². The van der Waals surface area contributed by atoms with Crippen LogP contribution in [-0.2, 0) is 22.6 Å². The van der Waals surface area contributed by atoms with Gasteiger partial charge >= 0.3 is 0 Å². The zero-order valence-electron chi connectivity index (χ0n) is 17.0. The van der Waals surface area contributed by atoms with Crippen molar-refractivity contribution in [2.75, 3.05) is 19.3 Å². The maximum Gasteiger partial charge on any atom is 0.243 e. The number of aromatic nitrogens is 1. The van der Waals surface area contributed by atoms with E-state index < -0.39 is 6.04 Å². The Kier molecular flexibility index (Phi) is 6.82. The molecule has 1 aromatic heterocycles. The van der Waals surface area contributed by atoms with Crippen LogP contribution in [0.5, 0.6) is 0 Å². The molecule has 1 fully saturated rings. The van der Waals surface area contributed by atoms with Crippen LogP contribution in [0.1, 0.15) is 29.5 Å². The van der Waals surface area contributed by atoms with Crippen molar-refractivity contribution < 1.29 is 9.59 Å². The van der Waals surface area contributed by atoms with Crippen LogP contribution in [0.2, 0.25) is 0 Å². The molecule has 0 saturated carbocycles. The third-order valence-electron chi connectivity index (χ3n) is 5.46. The summed E-state index contributed by atoms with van der Waals surface area (Å²) in [5, 5.41) is 5.90. The van der Waals surface area contributed by atoms with Gasteiger partial charge in [-0.05, 0) is 56.1 Å². The summed E-state index contributed by atoms with van der Waals surface area (Å²) in [6.45, 7) is 3.24. The normalized spacial score (nSPS) is 17.7. The quantitative estimate of drug-likeness (QED) is 0.658. The van der Waals surface area contributed by atoms with Crippen molar-refractivity contribution in [2.45, 2.75) is 44.8 Å². The lowest BCUT2D eigenvalue weighted by Crippen LogP contribution is -2.52.